The number of nitrogens with zero attached hydrogens (tertiary/aromatic N) is 4. The first kappa shape index (κ1) is 49.0. The fourth-order valence-electron chi connectivity index (χ4n) is 6.42. The summed E-state index contributed by atoms with van der Waals surface area (Å²) in [6.45, 7) is 4.96. The van der Waals surface area contributed by atoms with Crippen molar-refractivity contribution in [3.8, 4) is 0 Å². The molecule has 4 rings (SSSR count). The third-order valence-corrected chi connectivity index (χ3v) is 12.2. The second kappa shape index (κ2) is 29.5. The number of aliphatic hydroxyl groups is 4. The van der Waals surface area contributed by atoms with Crippen molar-refractivity contribution >= 4 is 69.1 Å². The van der Waals surface area contributed by atoms with Crippen molar-refractivity contribution in [1.82, 2.24) is 10.6 Å². The zero-order chi connectivity index (χ0) is 43.3. The van der Waals surface area contributed by atoms with Crippen LogP contribution >= 0.6 is 21.6 Å². The molecule has 4 aromatic rings. The van der Waals surface area contributed by atoms with Crippen LogP contribution in [0.15, 0.2) is 97.6 Å². The molecule has 14 heteroatoms. The molecule has 0 saturated heterocycles. The van der Waals surface area contributed by atoms with Crippen molar-refractivity contribution < 1.29 is 39.1 Å². The predicted molar refractivity (Wildman–Crippen MR) is 251 cm³/mol. The van der Waals surface area contributed by atoms with Crippen LogP contribution in [-0.2, 0) is 22.7 Å². The molecule has 6 N–H and O–H groups in total. The highest BCUT2D eigenvalue weighted by molar-refractivity contribution is 8.76. The number of carbonyl (C=O) groups is 2. The molecule has 2 amide bonds. The summed E-state index contributed by atoms with van der Waals surface area (Å²) in [4.78, 5) is 28.5. The SMILES string of the molecule is O=C(CCCC[n+]1ccc(/C=C/c2ccc(N(CCO)CCO)cc2)cc1)NCCSSCCNC(=O)CCC[n+]1ccc(/C=C/c2ccc(N(CCO)CCO)cc2)cc1. The summed E-state index contributed by atoms with van der Waals surface area (Å²) >= 11 is 0. The first-order chi connectivity index (χ1) is 29.9. The third-order valence-electron chi connectivity index (χ3n) is 9.76. The van der Waals surface area contributed by atoms with E-state index in [1.807, 2.05) is 70.7 Å². The first-order valence-electron chi connectivity index (χ1n) is 21.2. The molecule has 0 aliphatic carbocycles. The molecular weight excluding hydrogens is 809 g/mol. The molecule has 61 heavy (non-hydrogen) atoms. The minimum atomic E-state index is 0.0377. The molecule has 0 saturated carbocycles. The minimum Gasteiger partial charge on any atom is -0.395 e. The number of benzene rings is 2. The topological polar surface area (TPSA) is 153 Å². The van der Waals surface area contributed by atoms with Gasteiger partial charge in [-0.25, -0.2) is 9.13 Å². The molecule has 0 atom stereocenters. The van der Waals surface area contributed by atoms with Crippen LogP contribution in [0.1, 0.15) is 54.4 Å². The second-order valence-corrected chi connectivity index (χ2v) is 17.1. The van der Waals surface area contributed by atoms with Crippen LogP contribution in [0.2, 0.25) is 0 Å². The van der Waals surface area contributed by atoms with E-state index in [0.29, 0.717) is 52.1 Å². The van der Waals surface area contributed by atoms with E-state index in [9.17, 15) is 30.0 Å². The van der Waals surface area contributed by atoms with Gasteiger partial charge in [0.2, 0.25) is 11.8 Å². The number of rotatable bonds is 30. The summed E-state index contributed by atoms with van der Waals surface area (Å²) in [5.41, 5.74) is 6.25. The summed E-state index contributed by atoms with van der Waals surface area (Å²) in [6, 6.07) is 24.4. The van der Waals surface area contributed by atoms with Crippen molar-refractivity contribution in [2.45, 2.75) is 45.2 Å². The molecule has 2 aromatic heterocycles. The molecular formula is C47H64N6O6S2+2. The zero-order valence-corrected chi connectivity index (χ0v) is 36.8. The Hall–Kier alpha value is -4.70. The van der Waals surface area contributed by atoms with Crippen LogP contribution in [0.3, 0.4) is 0 Å². The van der Waals surface area contributed by atoms with Crippen molar-refractivity contribution in [3.63, 3.8) is 0 Å². The van der Waals surface area contributed by atoms with E-state index in [-0.39, 0.29) is 38.2 Å². The number of pyridine rings is 2. The lowest BCUT2D eigenvalue weighted by atomic mass is 10.1. The number of aliphatic hydroxyl groups excluding tert-OH is 4. The number of aromatic nitrogens is 2. The van der Waals surface area contributed by atoms with Gasteiger partial charge in [-0.2, -0.15) is 0 Å². The highest BCUT2D eigenvalue weighted by Gasteiger charge is 2.09. The predicted octanol–water partition coefficient (Wildman–Crippen LogP) is 4.45. The van der Waals surface area contributed by atoms with E-state index < -0.39 is 0 Å². The van der Waals surface area contributed by atoms with Gasteiger partial charge in [0.15, 0.2) is 24.8 Å². The molecule has 0 unspecified atom stereocenters. The molecule has 0 fully saturated rings. The number of amides is 2. The monoisotopic (exact) mass is 872 g/mol. The molecule has 328 valence electrons. The number of anilines is 2. The first-order valence-corrected chi connectivity index (χ1v) is 23.6. The summed E-state index contributed by atoms with van der Waals surface area (Å²) < 4.78 is 4.22. The molecule has 0 aliphatic heterocycles. The Balaban J connectivity index is 0.970. The van der Waals surface area contributed by atoms with E-state index in [0.717, 1.165) is 77.5 Å². The van der Waals surface area contributed by atoms with Crippen molar-refractivity contribution in [2.24, 2.45) is 0 Å². The van der Waals surface area contributed by atoms with E-state index in [1.165, 1.54) is 0 Å². The zero-order valence-electron chi connectivity index (χ0n) is 35.2. The maximum absolute atomic E-state index is 12.3. The van der Waals surface area contributed by atoms with Crippen LogP contribution in [-0.4, -0.2) is 109 Å². The van der Waals surface area contributed by atoms with Gasteiger partial charge in [0.05, 0.1) is 26.4 Å². The number of hydrogen-bond acceptors (Lipinski definition) is 10. The van der Waals surface area contributed by atoms with Gasteiger partial charge in [-0.15, -0.1) is 0 Å². The average Bonchev–Trinajstić information content (AvgIpc) is 3.28. The van der Waals surface area contributed by atoms with Gasteiger partial charge in [-0.05, 0) is 52.9 Å². The van der Waals surface area contributed by atoms with Gasteiger partial charge in [-0.3, -0.25) is 9.59 Å². The lowest BCUT2D eigenvalue weighted by Crippen LogP contribution is -2.34. The average molecular weight is 873 g/mol. The summed E-state index contributed by atoms with van der Waals surface area (Å²) in [5.74, 6) is 1.77. The number of aryl methyl sites for hydroxylation is 2. The largest absolute Gasteiger partial charge is 0.395 e. The van der Waals surface area contributed by atoms with E-state index in [4.69, 9.17) is 0 Å². The van der Waals surface area contributed by atoms with Gasteiger partial charge in [0.25, 0.3) is 0 Å². The number of unbranched alkanes of at least 4 members (excludes halogenated alkanes) is 1. The standard InChI is InChI=1S/C47H62N6O6S2/c54-34-30-52(31-35-55)44-14-10-40(11-15-44)6-8-42-18-26-50(27-19-42)24-2-1-4-46(58)48-22-38-60-61-39-23-49-47(59)5-3-25-51-28-20-43(21-29-51)9-7-41-12-16-45(17-13-41)53(32-36-56)33-37-57/h6-21,26-29,54-57H,1-5,22-25,30-39H2/p+2. The van der Waals surface area contributed by atoms with Crippen LogP contribution in [0.25, 0.3) is 24.3 Å². The summed E-state index contributed by atoms with van der Waals surface area (Å²) in [7, 11) is 3.41. The molecule has 0 aliphatic rings. The Morgan fingerprint density at radius 3 is 1.21 bits per heavy atom. The summed E-state index contributed by atoms with van der Waals surface area (Å²) in [6.07, 6.45) is 19.9. The van der Waals surface area contributed by atoms with Gasteiger partial charge in [-0.1, -0.05) is 70.2 Å². The lowest BCUT2D eigenvalue weighted by molar-refractivity contribution is -0.697. The highest BCUT2D eigenvalue weighted by Crippen LogP contribution is 2.20. The Labute approximate surface area is 369 Å². The highest BCUT2D eigenvalue weighted by atomic mass is 33.1. The number of hydrogen-bond donors (Lipinski definition) is 6. The molecule has 2 aromatic carbocycles. The van der Waals surface area contributed by atoms with Crippen molar-refractivity contribution in [1.29, 1.82) is 0 Å². The van der Waals surface area contributed by atoms with E-state index in [2.05, 4.69) is 80.7 Å². The Bertz CT molecular complexity index is 1870. The van der Waals surface area contributed by atoms with Gasteiger partial charge in [0, 0.05) is 112 Å². The van der Waals surface area contributed by atoms with Gasteiger partial charge in [0.1, 0.15) is 13.1 Å². The van der Waals surface area contributed by atoms with Crippen LogP contribution < -0.4 is 29.6 Å². The fraction of sp³-hybridized carbons (Fsp3) is 0.404. The lowest BCUT2D eigenvalue weighted by Gasteiger charge is -2.22. The van der Waals surface area contributed by atoms with Crippen molar-refractivity contribution in [2.75, 3.05) is 87.0 Å². The Morgan fingerprint density at radius 1 is 0.492 bits per heavy atom. The maximum Gasteiger partial charge on any atom is 0.220 e. The Morgan fingerprint density at radius 2 is 0.836 bits per heavy atom. The van der Waals surface area contributed by atoms with Crippen molar-refractivity contribution in [3.05, 3.63) is 120 Å². The quantitative estimate of drug-likeness (QED) is 0.0252. The minimum absolute atomic E-state index is 0.0377. The molecule has 12 nitrogen and oxygen atoms in total. The van der Waals surface area contributed by atoms with E-state index in [1.54, 1.807) is 21.6 Å². The molecule has 2 heterocycles. The van der Waals surface area contributed by atoms with Crippen LogP contribution in [0, 0.1) is 0 Å². The van der Waals surface area contributed by atoms with E-state index >= 15 is 0 Å². The van der Waals surface area contributed by atoms with Crippen LogP contribution in [0.4, 0.5) is 11.4 Å². The number of carbonyl (C=O) groups excluding carboxylic acids is 2. The molecule has 0 spiro atoms. The maximum atomic E-state index is 12.3. The van der Waals surface area contributed by atoms with Crippen LogP contribution in [0.5, 0.6) is 0 Å². The van der Waals surface area contributed by atoms with Gasteiger partial charge < -0.3 is 40.9 Å². The smallest absolute Gasteiger partial charge is 0.220 e. The number of nitrogens with one attached hydrogen (secondary N) is 2. The third kappa shape index (κ3) is 19.7. The second-order valence-electron chi connectivity index (χ2n) is 14.4. The molecule has 0 radical (unpaired) electrons. The normalized spacial score (nSPS) is 11.3. The molecule has 0 bridgehead atoms. The summed E-state index contributed by atoms with van der Waals surface area (Å²) in [5, 5.41) is 43.1. The van der Waals surface area contributed by atoms with Gasteiger partial charge >= 0.3 is 0 Å². The Kier molecular flexibility index (Phi) is 23.7. The fourth-order valence-corrected chi connectivity index (χ4v) is 8.23.